The summed E-state index contributed by atoms with van der Waals surface area (Å²) in [7, 11) is 0. The molecule has 2 heterocycles. The minimum Gasteiger partial charge on any atom is -0.490 e. The van der Waals surface area contributed by atoms with Gasteiger partial charge in [-0.05, 0) is 75.9 Å². The molecule has 4 rings (SSSR count). The predicted octanol–water partition coefficient (Wildman–Crippen LogP) is 7.16. The van der Waals surface area contributed by atoms with Crippen LogP contribution in [0, 0.1) is 20.8 Å². The third-order valence-electron chi connectivity index (χ3n) is 7.14. The number of hydrogen-bond donors (Lipinski definition) is 2. The summed E-state index contributed by atoms with van der Waals surface area (Å²) in [5.74, 6) is -0.304. The van der Waals surface area contributed by atoms with Crippen molar-refractivity contribution in [2.75, 3.05) is 11.5 Å². The number of hydrogen-bond acceptors (Lipinski definition) is 7. The van der Waals surface area contributed by atoms with Crippen molar-refractivity contribution in [2.45, 2.75) is 72.3 Å². The molecular formula is C34H37F3N4O4. The van der Waals surface area contributed by atoms with E-state index in [1.54, 1.807) is 37.8 Å². The van der Waals surface area contributed by atoms with Gasteiger partial charge in [0.25, 0.3) is 0 Å². The van der Waals surface area contributed by atoms with Crippen molar-refractivity contribution in [3.63, 3.8) is 0 Å². The number of aliphatic hydroxyl groups is 1. The second kappa shape index (κ2) is 13.6. The summed E-state index contributed by atoms with van der Waals surface area (Å²) >= 11 is 0. The molecule has 0 saturated carbocycles. The smallest absolute Gasteiger partial charge is 0.416 e. The quantitative estimate of drug-likeness (QED) is 0.160. The van der Waals surface area contributed by atoms with Crippen LogP contribution in [-0.4, -0.2) is 37.7 Å². The number of aliphatic carboxylic acids is 1. The van der Waals surface area contributed by atoms with E-state index < -0.39 is 23.3 Å². The highest BCUT2D eigenvalue weighted by molar-refractivity contribution is 5.68. The number of pyridine rings is 1. The van der Waals surface area contributed by atoms with Gasteiger partial charge in [0.05, 0.1) is 36.0 Å². The Morgan fingerprint density at radius 3 is 2.29 bits per heavy atom. The van der Waals surface area contributed by atoms with Crippen molar-refractivity contribution < 1.29 is 32.9 Å². The lowest BCUT2D eigenvalue weighted by Gasteiger charge is -2.26. The Labute approximate surface area is 260 Å². The molecule has 0 spiro atoms. The van der Waals surface area contributed by atoms with Crippen molar-refractivity contribution in [1.29, 1.82) is 0 Å². The third kappa shape index (κ3) is 9.01. The monoisotopic (exact) mass is 622 g/mol. The summed E-state index contributed by atoms with van der Waals surface area (Å²) in [5.41, 5.74) is 3.75. The number of carboxylic acid groups (broad SMARTS) is 1. The Bertz CT molecular complexity index is 1650. The van der Waals surface area contributed by atoms with E-state index >= 15 is 0 Å². The number of anilines is 1. The number of nitrogens with zero attached hydrogens (tertiary/aromatic N) is 4. The first kappa shape index (κ1) is 33.4. The molecule has 0 radical (unpaired) electrons. The van der Waals surface area contributed by atoms with Gasteiger partial charge in [0, 0.05) is 25.1 Å². The van der Waals surface area contributed by atoms with Crippen molar-refractivity contribution in [3.05, 3.63) is 100.0 Å². The fraction of sp³-hybridized carbons (Fsp3) is 0.353. The van der Waals surface area contributed by atoms with Crippen LogP contribution in [0.4, 0.5) is 19.1 Å². The number of halogens is 3. The van der Waals surface area contributed by atoms with Crippen molar-refractivity contribution >= 4 is 11.9 Å². The number of ether oxygens (including phenoxy) is 1. The molecule has 238 valence electrons. The van der Waals surface area contributed by atoms with Crippen molar-refractivity contribution in [2.24, 2.45) is 0 Å². The standard InChI is InChI=1S/C34H37F3N4O4/c1-21-8-10-28(31-23(3)9-11-29(40-31)33(4,5)44)25(14-21)20-41(19-24-13-22(2)15-26(16-24)34(35,36)37)32-38-17-27(18-39-32)45-12-6-7-30(42)43/h8-11,13-18,44H,6-7,12,19-20H2,1-5H3,(H,42,43). The second-order valence-corrected chi connectivity index (χ2v) is 11.7. The van der Waals surface area contributed by atoms with Gasteiger partial charge < -0.3 is 19.8 Å². The molecule has 0 aliphatic carbocycles. The molecule has 0 aliphatic heterocycles. The van der Waals surface area contributed by atoms with Gasteiger partial charge in [-0.25, -0.2) is 15.0 Å². The molecule has 0 aliphatic rings. The molecule has 11 heteroatoms. The lowest BCUT2D eigenvalue weighted by Crippen LogP contribution is -2.25. The number of rotatable bonds is 12. The number of carbonyl (C=O) groups is 1. The zero-order valence-electron chi connectivity index (χ0n) is 25.9. The van der Waals surface area contributed by atoms with Crippen LogP contribution in [0.25, 0.3) is 11.3 Å². The molecule has 0 unspecified atom stereocenters. The Morgan fingerprint density at radius 2 is 1.64 bits per heavy atom. The first-order valence-corrected chi connectivity index (χ1v) is 14.5. The normalized spacial score (nSPS) is 11.8. The number of carboxylic acids is 1. The van der Waals surface area contributed by atoms with Gasteiger partial charge >= 0.3 is 12.1 Å². The van der Waals surface area contributed by atoms with Crippen LogP contribution in [0.2, 0.25) is 0 Å². The van der Waals surface area contributed by atoms with Crippen LogP contribution >= 0.6 is 0 Å². The molecule has 0 bridgehead atoms. The summed E-state index contributed by atoms with van der Waals surface area (Å²) in [6.45, 7) is 9.33. The van der Waals surface area contributed by atoms with Crippen LogP contribution < -0.4 is 9.64 Å². The molecular weight excluding hydrogens is 585 g/mol. The lowest BCUT2D eigenvalue weighted by atomic mass is 9.96. The van der Waals surface area contributed by atoms with E-state index in [1.165, 1.54) is 12.4 Å². The zero-order chi connectivity index (χ0) is 32.9. The first-order chi connectivity index (χ1) is 21.1. The molecule has 0 atom stereocenters. The Hall–Kier alpha value is -4.51. The molecule has 8 nitrogen and oxygen atoms in total. The van der Waals surface area contributed by atoms with Crippen molar-refractivity contribution in [1.82, 2.24) is 15.0 Å². The van der Waals surface area contributed by atoms with Crippen LogP contribution in [0.5, 0.6) is 5.75 Å². The van der Waals surface area contributed by atoms with Gasteiger partial charge in [-0.3, -0.25) is 4.79 Å². The van der Waals surface area contributed by atoms with Gasteiger partial charge in [0.2, 0.25) is 5.95 Å². The summed E-state index contributed by atoms with van der Waals surface area (Å²) in [6, 6.07) is 13.6. The average molecular weight is 623 g/mol. The zero-order valence-corrected chi connectivity index (χ0v) is 25.9. The summed E-state index contributed by atoms with van der Waals surface area (Å²) < 4.78 is 46.7. The van der Waals surface area contributed by atoms with Gasteiger partial charge in [0.1, 0.15) is 5.60 Å². The van der Waals surface area contributed by atoms with Crippen LogP contribution in [0.1, 0.15) is 65.8 Å². The minimum absolute atomic E-state index is 0.0327. The van der Waals surface area contributed by atoms with Crippen molar-refractivity contribution in [3.8, 4) is 17.0 Å². The van der Waals surface area contributed by atoms with E-state index in [0.717, 1.165) is 34.4 Å². The average Bonchev–Trinajstić information content (AvgIpc) is 2.94. The first-order valence-electron chi connectivity index (χ1n) is 14.5. The highest BCUT2D eigenvalue weighted by Crippen LogP contribution is 2.33. The topological polar surface area (TPSA) is 109 Å². The highest BCUT2D eigenvalue weighted by atomic mass is 19.4. The van der Waals surface area contributed by atoms with E-state index in [9.17, 15) is 23.1 Å². The maximum atomic E-state index is 13.7. The summed E-state index contributed by atoms with van der Waals surface area (Å²) in [6.07, 6.45) is -1.29. The van der Waals surface area contributed by atoms with E-state index in [0.29, 0.717) is 34.7 Å². The molecule has 2 aromatic heterocycles. The van der Waals surface area contributed by atoms with Crippen LogP contribution in [-0.2, 0) is 29.7 Å². The van der Waals surface area contributed by atoms with Gasteiger partial charge in [-0.2, -0.15) is 13.2 Å². The van der Waals surface area contributed by atoms with Crippen LogP contribution in [0.15, 0.2) is 60.9 Å². The molecule has 0 fully saturated rings. The number of aromatic nitrogens is 3. The largest absolute Gasteiger partial charge is 0.490 e. The predicted molar refractivity (Wildman–Crippen MR) is 165 cm³/mol. The second-order valence-electron chi connectivity index (χ2n) is 11.7. The summed E-state index contributed by atoms with van der Waals surface area (Å²) in [5, 5.41) is 19.5. The van der Waals surface area contributed by atoms with Gasteiger partial charge in [-0.1, -0.05) is 41.5 Å². The van der Waals surface area contributed by atoms with E-state index in [2.05, 4.69) is 9.97 Å². The third-order valence-corrected chi connectivity index (χ3v) is 7.14. The highest BCUT2D eigenvalue weighted by Gasteiger charge is 2.31. The molecule has 2 aromatic carbocycles. The van der Waals surface area contributed by atoms with E-state index in [-0.39, 0.29) is 32.1 Å². The van der Waals surface area contributed by atoms with Crippen LogP contribution in [0.3, 0.4) is 0 Å². The molecule has 2 N–H and O–H groups in total. The van der Waals surface area contributed by atoms with E-state index in [4.69, 9.17) is 14.8 Å². The fourth-order valence-electron chi connectivity index (χ4n) is 4.93. The van der Waals surface area contributed by atoms with E-state index in [1.807, 2.05) is 38.1 Å². The number of benzene rings is 2. The lowest BCUT2D eigenvalue weighted by molar-refractivity contribution is -0.138. The maximum absolute atomic E-state index is 13.7. The number of alkyl halides is 3. The molecule has 0 saturated heterocycles. The van der Waals surface area contributed by atoms with Gasteiger partial charge in [-0.15, -0.1) is 0 Å². The molecule has 45 heavy (non-hydrogen) atoms. The molecule has 0 amide bonds. The Balaban J connectivity index is 1.74. The SMILES string of the molecule is Cc1cc(CN(Cc2cc(C)ccc2-c2nc(C(C)(C)O)ccc2C)c2ncc(OCCCC(=O)O)cn2)cc(C(F)(F)F)c1. The number of aryl methyl sites for hydroxylation is 3. The van der Waals surface area contributed by atoms with Gasteiger partial charge in [0.15, 0.2) is 5.75 Å². The fourth-order valence-corrected chi connectivity index (χ4v) is 4.93. The molecule has 4 aromatic rings. The Morgan fingerprint density at radius 1 is 0.933 bits per heavy atom. The minimum atomic E-state index is -4.50. The maximum Gasteiger partial charge on any atom is 0.416 e. The summed E-state index contributed by atoms with van der Waals surface area (Å²) in [4.78, 5) is 26.3. The Kier molecular flexibility index (Phi) is 10.1.